The zero-order valence-electron chi connectivity index (χ0n) is 14.7. The van der Waals surface area contributed by atoms with Gasteiger partial charge in [-0.25, -0.2) is 0 Å². The van der Waals surface area contributed by atoms with Crippen LogP contribution in [0.3, 0.4) is 0 Å². The first kappa shape index (κ1) is 19.0. The Morgan fingerprint density at radius 3 is 2.68 bits per heavy atom. The summed E-state index contributed by atoms with van der Waals surface area (Å²) in [6.07, 6.45) is 0.330. The van der Waals surface area contributed by atoms with E-state index in [1.165, 1.54) is 18.4 Å². The number of carbonyl (C=O) groups is 2. The predicted octanol–water partition coefficient (Wildman–Crippen LogP) is 3.55. The highest BCUT2D eigenvalue weighted by Crippen LogP contribution is 2.23. The number of hydrogen-bond donors (Lipinski definition) is 1. The summed E-state index contributed by atoms with van der Waals surface area (Å²) in [5.74, 6) is 0.273. The molecule has 2 rings (SSSR count). The van der Waals surface area contributed by atoms with E-state index in [4.69, 9.17) is 9.47 Å². The monoisotopic (exact) mass is 361 g/mol. The summed E-state index contributed by atoms with van der Waals surface area (Å²) in [6.45, 7) is 4.30. The van der Waals surface area contributed by atoms with Crippen molar-refractivity contribution in [3.8, 4) is 5.75 Å². The maximum Gasteiger partial charge on any atom is 0.307 e. The molecule has 0 spiro atoms. The number of aryl methyl sites for hydroxylation is 1. The molecule has 0 radical (unpaired) electrons. The van der Waals surface area contributed by atoms with E-state index in [0.29, 0.717) is 0 Å². The van der Waals surface area contributed by atoms with Gasteiger partial charge in [0.2, 0.25) is 5.91 Å². The molecule has 1 aromatic carbocycles. The minimum Gasteiger partial charge on any atom is -0.493 e. The van der Waals surface area contributed by atoms with Gasteiger partial charge in [0.05, 0.1) is 32.6 Å². The number of amides is 1. The molecule has 1 unspecified atom stereocenters. The highest BCUT2D eigenvalue weighted by atomic mass is 32.1. The van der Waals surface area contributed by atoms with E-state index in [9.17, 15) is 9.59 Å². The molecule has 1 aromatic heterocycles. The SMILES string of the molecule is COC(=O)CC(NC(=O)CCOc1cccc(C)c1C)c1cccs1. The van der Waals surface area contributed by atoms with Crippen molar-refractivity contribution in [3.63, 3.8) is 0 Å². The Morgan fingerprint density at radius 1 is 1.20 bits per heavy atom. The summed E-state index contributed by atoms with van der Waals surface area (Å²) < 4.78 is 10.4. The van der Waals surface area contributed by atoms with Crippen molar-refractivity contribution in [2.45, 2.75) is 32.7 Å². The van der Waals surface area contributed by atoms with Crippen molar-refractivity contribution < 1.29 is 19.1 Å². The molecule has 1 atom stereocenters. The summed E-state index contributed by atoms with van der Waals surface area (Å²) in [5, 5.41) is 4.80. The molecule has 0 saturated heterocycles. The third-order valence-electron chi connectivity index (χ3n) is 3.96. The number of nitrogens with one attached hydrogen (secondary N) is 1. The number of hydrogen-bond acceptors (Lipinski definition) is 5. The fraction of sp³-hybridized carbons (Fsp3) is 0.368. The van der Waals surface area contributed by atoms with Gasteiger partial charge in [-0.3, -0.25) is 9.59 Å². The van der Waals surface area contributed by atoms with Gasteiger partial charge < -0.3 is 14.8 Å². The van der Waals surface area contributed by atoms with E-state index < -0.39 is 0 Å². The zero-order valence-corrected chi connectivity index (χ0v) is 15.5. The van der Waals surface area contributed by atoms with Crippen LogP contribution in [0.4, 0.5) is 0 Å². The lowest BCUT2D eigenvalue weighted by atomic mass is 10.1. The van der Waals surface area contributed by atoms with Crippen molar-refractivity contribution in [1.82, 2.24) is 5.32 Å². The van der Waals surface area contributed by atoms with Crippen molar-refractivity contribution in [3.05, 3.63) is 51.7 Å². The number of esters is 1. The summed E-state index contributed by atoms with van der Waals surface area (Å²) in [4.78, 5) is 24.7. The van der Waals surface area contributed by atoms with E-state index in [1.54, 1.807) is 0 Å². The Balaban J connectivity index is 1.88. The van der Waals surface area contributed by atoms with Gasteiger partial charge in [-0.2, -0.15) is 0 Å². The molecule has 1 N–H and O–H groups in total. The first-order valence-electron chi connectivity index (χ1n) is 8.10. The van der Waals surface area contributed by atoms with Crippen LogP contribution in [0.5, 0.6) is 5.75 Å². The molecule has 2 aromatic rings. The van der Waals surface area contributed by atoms with Crippen molar-refractivity contribution in [2.24, 2.45) is 0 Å². The maximum atomic E-state index is 12.2. The Labute approximate surface area is 152 Å². The van der Waals surface area contributed by atoms with Crippen molar-refractivity contribution in [1.29, 1.82) is 0 Å². The number of carbonyl (C=O) groups excluding carboxylic acids is 2. The van der Waals surface area contributed by atoms with E-state index in [2.05, 4.69) is 5.32 Å². The van der Waals surface area contributed by atoms with Crippen LogP contribution in [0.2, 0.25) is 0 Å². The smallest absolute Gasteiger partial charge is 0.307 e. The van der Waals surface area contributed by atoms with Crippen LogP contribution in [0.25, 0.3) is 0 Å². The lowest BCUT2D eigenvalue weighted by Crippen LogP contribution is -2.30. The minimum atomic E-state index is -0.374. The Hall–Kier alpha value is -2.34. The fourth-order valence-corrected chi connectivity index (χ4v) is 3.14. The van der Waals surface area contributed by atoms with Gasteiger partial charge >= 0.3 is 5.97 Å². The second-order valence-corrected chi connectivity index (χ2v) is 6.69. The van der Waals surface area contributed by atoms with Crippen LogP contribution < -0.4 is 10.1 Å². The second-order valence-electron chi connectivity index (χ2n) is 5.71. The molecular weight excluding hydrogens is 338 g/mol. The maximum absolute atomic E-state index is 12.2. The molecule has 0 aliphatic rings. The first-order valence-corrected chi connectivity index (χ1v) is 8.97. The number of rotatable bonds is 8. The third kappa shape index (κ3) is 5.60. The van der Waals surface area contributed by atoms with E-state index in [1.807, 2.05) is 49.6 Å². The predicted molar refractivity (Wildman–Crippen MR) is 97.9 cm³/mol. The van der Waals surface area contributed by atoms with Gasteiger partial charge in [0.1, 0.15) is 5.75 Å². The standard InChI is InChI=1S/C19H23NO4S/c1-13-6-4-7-16(14(13)2)24-10-9-18(21)20-15(12-19(22)23-3)17-8-5-11-25-17/h4-8,11,15H,9-10,12H2,1-3H3,(H,20,21). The highest BCUT2D eigenvalue weighted by molar-refractivity contribution is 7.10. The van der Waals surface area contributed by atoms with Gasteiger partial charge in [-0.05, 0) is 42.5 Å². The van der Waals surface area contributed by atoms with E-state index in [-0.39, 0.29) is 37.4 Å². The van der Waals surface area contributed by atoms with Crippen molar-refractivity contribution >= 4 is 23.2 Å². The molecule has 1 amide bonds. The molecule has 0 fully saturated rings. The third-order valence-corrected chi connectivity index (χ3v) is 4.95. The van der Waals surface area contributed by atoms with Gasteiger partial charge in [0.15, 0.2) is 0 Å². The van der Waals surface area contributed by atoms with E-state index >= 15 is 0 Å². The van der Waals surface area contributed by atoms with Gasteiger partial charge in [-0.15, -0.1) is 11.3 Å². The number of methoxy groups -OCH3 is 1. The lowest BCUT2D eigenvalue weighted by Gasteiger charge is -2.17. The Bertz CT molecular complexity index is 712. The summed E-state index contributed by atoms with van der Waals surface area (Å²) in [5.41, 5.74) is 2.22. The lowest BCUT2D eigenvalue weighted by molar-refractivity contribution is -0.141. The highest BCUT2D eigenvalue weighted by Gasteiger charge is 2.19. The van der Waals surface area contributed by atoms with Gasteiger partial charge in [0.25, 0.3) is 0 Å². The summed E-state index contributed by atoms with van der Waals surface area (Å²) >= 11 is 1.50. The largest absolute Gasteiger partial charge is 0.493 e. The topological polar surface area (TPSA) is 64.6 Å². The van der Waals surface area contributed by atoms with Crippen molar-refractivity contribution in [2.75, 3.05) is 13.7 Å². The summed E-state index contributed by atoms with van der Waals surface area (Å²) in [6, 6.07) is 9.26. The molecule has 0 aliphatic heterocycles. The number of ether oxygens (including phenoxy) is 2. The molecule has 0 saturated carbocycles. The van der Waals surface area contributed by atoms with Crippen LogP contribution in [0, 0.1) is 13.8 Å². The number of thiophene rings is 1. The molecule has 5 nitrogen and oxygen atoms in total. The van der Waals surface area contributed by atoms with Gasteiger partial charge in [0, 0.05) is 4.88 Å². The van der Waals surface area contributed by atoms with Crippen LogP contribution in [0.1, 0.15) is 34.9 Å². The average molecular weight is 361 g/mol. The number of benzene rings is 1. The normalized spacial score (nSPS) is 11.6. The zero-order chi connectivity index (χ0) is 18.2. The Kier molecular flexibility index (Phi) is 7.01. The molecule has 6 heteroatoms. The van der Waals surface area contributed by atoms with Crippen LogP contribution in [0.15, 0.2) is 35.7 Å². The van der Waals surface area contributed by atoms with Crippen LogP contribution in [-0.4, -0.2) is 25.6 Å². The van der Waals surface area contributed by atoms with Crippen LogP contribution >= 0.6 is 11.3 Å². The van der Waals surface area contributed by atoms with E-state index in [0.717, 1.165) is 21.8 Å². The fourth-order valence-electron chi connectivity index (χ4n) is 2.36. The minimum absolute atomic E-state index is 0.112. The quantitative estimate of drug-likeness (QED) is 0.730. The van der Waals surface area contributed by atoms with Crippen LogP contribution in [-0.2, 0) is 14.3 Å². The molecule has 0 aliphatic carbocycles. The Morgan fingerprint density at radius 2 is 2.00 bits per heavy atom. The second kappa shape index (κ2) is 9.22. The molecule has 25 heavy (non-hydrogen) atoms. The summed E-state index contributed by atoms with van der Waals surface area (Å²) in [7, 11) is 1.34. The average Bonchev–Trinajstić information content (AvgIpc) is 3.12. The molecular formula is C19H23NO4S. The molecule has 134 valence electrons. The molecule has 1 heterocycles. The first-order chi connectivity index (χ1) is 12.0. The van der Waals surface area contributed by atoms with Gasteiger partial charge in [-0.1, -0.05) is 18.2 Å². The molecule has 0 bridgehead atoms.